The maximum Gasteiger partial charge on any atom is 0.0827 e. The van der Waals surface area contributed by atoms with E-state index in [1.54, 1.807) is 0 Å². The summed E-state index contributed by atoms with van der Waals surface area (Å²) in [5.41, 5.74) is 1.17. The Balaban J connectivity index is 2.06. The van der Waals surface area contributed by atoms with Gasteiger partial charge in [0.15, 0.2) is 0 Å². The van der Waals surface area contributed by atoms with Crippen LogP contribution in [0.5, 0.6) is 0 Å². The van der Waals surface area contributed by atoms with Crippen molar-refractivity contribution in [3.63, 3.8) is 0 Å². The molecule has 0 unspecified atom stereocenters. The van der Waals surface area contributed by atoms with E-state index >= 15 is 0 Å². The number of nitrogens with zero attached hydrogens (tertiary/aromatic N) is 3. The van der Waals surface area contributed by atoms with Crippen molar-refractivity contribution in [2.24, 2.45) is 11.8 Å². The summed E-state index contributed by atoms with van der Waals surface area (Å²) < 4.78 is 2.03. The maximum absolute atomic E-state index is 4.28. The molecule has 0 N–H and O–H groups in total. The Morgan fingerprint density at radius 1 is 0.857 bits per heavy atom. The van der Waals surface area contributed by atoms with Crippen LogP contribution in [0.4, 0.5) is 0 Å². The fourth-order valence-electron chi connectivity index (χ4n) is 2.60. The van der Waals surface area contributed by atoms with Crippen LogP contribution in [-0.2, 0) is 13.0 Å². The molecule has 0 bridgehead atoms. The van der Waals surface area contributed by atoms with Crippen LogP contribution >= 0.6 is 0 Å². The highest BCUT2D eigenvalue weighted by molar-refractivity contribution is 4.92. The number of hydrogen-bond acceptors (Lipinski definition) is 2. The first-order chi connectivity index (χ1) is 10.1. The molecular formula is C18H35N3. The van der Waals surface area contributed by atoms with Gasteiger partial charge in [0.05, 0.1) is 5.69 Å². The predicted molar refractivity (Wildman–Crippen MR) is 90.3 cm³/mol. The van der Waals surface area contributed by atoms with E-state index in [0.29, 0.717) is 0 Å². The monoisotopic (exact) mass is 293 g/mol. The standard InChI is InChI=1S/C18H35N3/c1-16(2)11-7-5-6-10-14-21-15-18(19-20-21)13-9-8-12-17(3)4/h15-17H,5-14H2,1-4H3. The van der Waals surface area contributed by atoms with Crippen molar-refractivity contribution in [2.75, 3.05) is 0 Å². The van der Waals surface area contributed by atoms with E-state index in [1.807, 2.05) is 4.68 Å². The number of hydrogen-bond donors (Lipinski definition) is 0. The SMILES string of the molecule is CC(C)CCCCCCn1cc(CCCCC(C)C)nn1. The molecule has 3 heteroatoms. The summed E-state index contributed by atoms with van der Waals surface area (Å²) in [7, 11) is 0. The second kappa shape index (κ2) is 10.8. The molecule has 1 aromatic rings. The summed E-state index contributed by atoms with van der Waals surface area (Å²) in [5.74, 6) is 1.66. The second-order valence-corrected chi connectivity index (χ2v) is 7.21. The van der Waals surface area contributed by atoms with Crippen molar-refractivity contribution in [1.82, 2.24) is 15.0 Å². The molecule has 0 aliphatic carbocycles. The van der Waals surface area contributed by atoms with E-state index in [2.05, 4.69) is 44.2 Å². The van der Waals surface area contributed by atoms with Crippen LogP contribution in [-0.4, -0.2) is 15.0 Å². The Kier molecular flexibility index (Phi) is 9.36. The Hall–Kier alpha value is -0.860. The lowest BCUT2D eigenvalue weighted by Crippen LogP contribution is -1.98. The van der Waals surface area contributed by atoms with Crippen molar-refractivity contribution in [3.8, 4) is 0 Å². The fourth-order valence-corrected chi connectivity index (χ4v) is 2.60. The zero-order valence-corrected chi connectivity index (χ0v) is 14.6. The van der Waals surface area contributed by atoms with Gasteiger partial charge in [-0.1, -0.05) is 71.4 Å². The molecule has 21 heavy (non-hydrogen) atoms. The number of unbranched alkanes of at least 4 members (excludes halogenated alkanes) is 4. The Bertz CT molecular complexity index is 355. The van der Waals surface area contributed by atoms with E-state index < -0.39 is 0 Å². The van der Waals surface area contributed by atoms with Crippen LogP contribution in [0.1, 0.15) is 84.8 Å². The molecule has 0 fully saturated rings. The van der Waals surface area contributed by atoms with Crippen molar-refractivity contribution in [3.05, 3.63) is 11.9 Å². The lowest BCUT2D eigenvalue weighted by atomic mass is 10.0. The van der Waals surface area contributed by atoms with Gasteiger partial charge in [0.2, 0.25) is 0 Å². The molecule has 1 rings (SSSR count). The van der Waals surface area contributed by atoms with Crippen molar-refractivity contribution in [1.29, 1.82) is 0 Å². The van der Waals surface area contributed by atoms with Crippen LogP contribution in [0.2, 0.25) is 0 Å². The summed E-state index contributed by atoms with van der Waals surface area (Å²) in [5, 5.41) is 8.53. The predicted octanol–water partition coefficient (Wildman–Crippen LogP) is 5.25. The summed E-state index contributed by atoms with van der Waals surface area (Å²) in [4.78, 5) is 0. The third-order valence-corrected chi connectivity index (χ3v) is 3.97. The minimum absolute atomic E-state index is 0.816. The van der Waals surface area contributed by atoms with E-state index in [4.69, 9.17) is 0 Å². The maximum atomic E-state index is 4.28. The summed E-state index contributed by atoms with van der Waals surface area (Å²) in [6.45, 7) is 10.2. The van der Waals surface area contributed by atoms with Gasteiger partial charge in [0.25, 0.3) is 0 Å². The Labute approximate surface area is 131 Å². The van der Waals surface area contributed by atoms with Gasteiger partial charge in [-0.2, -0.15) is 0 Å². The van der Waals surface area contributed by atoms with Gasteiger partial charge in [-0.15, -0.1) is 5.10 Å². The van der Waals surface area contributed by atoms with Gasteiger partial charge < -0.3 is 0 Å². The van der Waals surface area contributed by atoms with E-state index in [1.165, 1.54) is 57.1 Å². The first kappa shape index (κ1) is 18.2. The average molecular weight is 293 g/mol. The topological polar surface area (TPSA) is 30.7 Å². The number of aryl methyl sites for hydroxylation is 2. The lowest BCUT2D eigenvalue weighted by Gasteiger charge is -2.04. The first-order valence-corrected chi connectivity index (χ1v) is 8.97. The van der Waals surface area contributed by atoms with Crippen LogP contribution in [0.25, 0.3) is 0 Å². The summed E-state index contributed by atoms with van der Waals surface area (Å²) >= 11 is 0. The summed E-state index contributed by atoms with van der Waals surface area (Å²) in [6.07, 6.45) is 13.7. The molecule has 0 saturated heterocycles. The Morgan fingerprint density at radius 3 is 2.14 bits per heavy atom. The van der Waals surface area contributed by atoms with Crippen molar-refractivity contribution < 1.29 is 0 Å². The molecule has 1 aromatic heterocycles. The first-order valence-electron chi connectivity index (χ1n) is 8.97. The van der Waals surface area contributed by atoms with E-state index in [9.17, 15) is 0 Å². The Morgan fingerprint density at radius 2 is 1.48 bits per heavy atom. The minimum Gasteiger partial charge on any atom is -0.252 e. The molecule has 0 spiro atoms. The zero-order valence-electron chi connectivity index (χ0n) is 14.6. The molecule has 0 amide bonds. The lowest BCUT2D eigenvalue weighted by molar-refractivity contribution is 0.489. The van der Waals surface area contributed by atoms with Crippen molar-refractivity contribution >= 4 is 0 Å². The van der Waals surface area contributed by atoms with Gasteiger partial charge in [0, 0.05) is 12.7 Å². The van der Waals surface area contributed by atoms with Gasteiger partial charge in [0.1, 0.15) is 0 Å². The van der Waals surface area contributed by atoms with E-state index in [-0.39, 0.29) is 0 Å². The molecule has 0 aliphatic heterocycles. The molecule has 0 aliphatic rings. The van der Waals surface area contributed by atoms with E-state index in [0.717, 1.165) is 24.8 Å². The smallest absolute Gasteiger partial charge is 0.0827 e. The number of aromatic nitrogens is 3. The highest BCUT2D eigenvalue weighted by Crippen LogP contribution is 2.11. The molecule has 3 nitrogen and oxygen atoms in total. The highest BCUT2D eigenvalue weighted by Gasteiger charge is 2.02. The molecular weight excluding hydrogens is 258 g/mol. The van der Waals surface area contributed by atoms with Gasteiger partial charge in [-0.3, -0.25) is 4.68 Å². The van der Waals surface area contributed by atoms with Gasteiger partial charge in [-0.05, 0) is 31.1 Å². The van der Waals surface area contributed by atoms with Crippen molar-refractivity contribution in [2.45, 2.75) is 92.0 Å². The van der Waals surface area contributed by atoms with Crippen LogP contribution in [0, 0.1) is 11.8 Å². The molecule has 0 aromatic carbocycles. The molecule has 1 heterocycles. The largest absolute Gasteiger partial charge is 0.252 e. The number of rotatable bonds is 12. The zero-order chi connectivity index (χ0) is 15.5. The van der Waals surface area contributed by atoms with Crippen LogP contribution in [0.3, 0.4) is 0 Å². The van der Waals surface area contributed by atoms with Crippen LogP contribution in [0.15, 0.2) is 6.20 Å². The second-order valence-electron chi connectivity index (χ2n) is 7.21. The van der Waals surface area contributed by atoms with Gasteiger partial charge in [-0.25, -0.2) is 0 Å². The molecule has 0 atom stereocenters. The molecule has 0 radical (unpaired) electrons. The normalized spacial score (nSPS) is 11.7. The third kappa shape index (κ3) is 9.65. The van der Waals surface area contributed by atoms with Crippen LogP contribution < -0.4 is 0 Å². The highest BCUT2D eigenvalue weighted by atomic mass is 15.4. The van der Waals surface area contributed by atoms with Gasteiger partial charge >= 0.3 is 0 Å². The third-order valence-electron chi connectivity index (χ3n) is 3.97. The average Bonchev–Trinajstić information content (AvgIpc) is 2.86. The quantitative estimate of drug-likeness (QED) is 0.492. The fraction of sp³-hybridized carbons (Fsp3) is 0.889. The molecule has 0 saturated carbocycles. The minimum atomic E-state index is 0.816. The molecule has 122 valence electrons. The summed E-state index contributed by atoms with van der Waals surface area (Å²) in [6, 6.07) is 0.